The summed E-state index contributed by atoms with van der Waals surface area (Å²) < 4.78 is 0. The van der Waals surface area contributed by atoms with Gasteiger partial charge in [-0.15, -0.1) is 0 Å². The molecule has 0 aromatic heterocycles. The highest BCUT2D eigenvalue weighted by molar-refractivity contribution is 5.85. The molecule has 110 valence electrons. The highest BCUT2D eigenvalue weighted by atomic mass is 16.2. The van der Waals surface area contributed by atoms with E-state index >= 15 is 0 Å². The lowest BCUT2D eigenvalue weighted by Gasteiger charge is -2.29. The number of rotatable bonds is 4. The minimum absolute atomic E-state index is 0.00837. The largest absolute Gasteiger partial charge is 0.350 e. The van der Waals surface area contributed by atoms with Crippen molar-refractivity contribution in [2.24, 2.45) is 0 Å². The fourth-order valence-corrected chi connectivity index (χ4v) is 1.94. The molecule has 0 radical (unpaired) electrons. The first-order chi connectivity index (χ1) is 8.78. The van der Waals surface area contributed by atoms with E-state index in [0.29, 0.717) is 6.54 Å². The molecule has 0 aromatic carbocycles. The van der Waals surface area contributed by atoms with Gasteiger partial charge in [0.15, 0.2) is 0 Å². The zero-order valence-corrected chi connectivity index (χ0v) is 12.5. The molecule has 1 aliphatic heterocycles. The molecular weight excluding hydrogens is 244 g/mol. The van der Waals surface area contributed by atoms with E-state index in [9.17, 15) is 9.59 Å². The summed E-state index contributed by atoms with van der Waals surface area (Å²) in [5, 5.41) is 6.10. The number of carbonyl (C=O) groups excluding carboxylic acids is 2. The van der Waals surface area contributed by atoms with Crippen LogP contribution in [0.15, 0.2) is 0 Å². The Morgan fingerprint density at radius 1 is 1.26 bits per heavy atom. The van der Waals surface area contributed by atoms with Crippen LogP contribution in [-0.2, 0) is 9.59 Å². The summed E-state index contributed by atoms with van der Waals surface area (Å²) in [6.07, 6.45) is 0. The van der Waals surface area contributed by atoms with Crippen molar-refractivity contribution in [1.29, 1.82) is 0 Å². The first-order valence-electron chi connectivity index (χ1n) is 6.76. The predicted octanol–water partition coefficient (Wildman–Crippen LogP) is -0.735. The van der Waals surface area contributed by atoms with Gasteiger partial charge in [0.05, 0.1) is 13.1 Å². The van der Waals surface area contributed by atoms with Crippen molar-refractivity contribution < 1.29 is 9.59 Å². The van der Waals surface area contributed by atoms with Crippen molar-refractivity contribution in [3.05, 3.63) is 0 Å². The standard InChI is InChI=1S/C13H26N4O2/c1-13(2,3)15-11(18)9-16(4)12(19)10-17-7-5-14-6-8-17/h14H,5-10H2,1-4H3,(H,15,18). The topological polar surface area (TPSA) is 64.7 Å². The van der Waals surface area contributed by atoms with Crippen LogP contribution in [0, 0.1) is 0 Å². The Morgan fingerprint density at radius 3 is 2.37 bits per heavy atom. The van der Waals surface area contributed by atoms with E-state index in [1.807, 2.05) is 20.8 Å². The number of likely N-dealkylation sites (N-methyl/N-ethyl adjacent to an activating group) is 1. The minimum Gasteiger partial charge on any atom is -0.350 e. The van der Waals surface area contributed by atoms with Crippen molar-refractivity contribution >= 4 is 11.8 Å². The molecule has 6 nitrogen and oxygen atoms in total. The van der Waals surface area contributed by atoms with Gasteiger partial charge >= 0.3 is 0 Å². The molecule has 0 saturated carbocycles. The first-order valence-corrected chi connectivity index (χ1v) is 6.76. The van der Waals surface area contributed by atoms with Crippen molar-refractivity contribution in [2.75, 3.05) is 46.3 Å². The molecule has 0 spiro atoms. The third-order valence-electron chi connectivity index (χ3n) is 2.89. The number of nitrogens with zero attached hydrogens (tertiary/aromatic N) is 2. The maximum atomic E-state index is 12.0. The molecular formula is C13H26N4O2. The Morgan fingerprint density at radius 2 is 1.84 bits per heavy atom. The van der Waals surface area contributed by atoms with Gasteiger partial charge in [-0.25, -0.2) is 0 Å². The molecule has 0 bridgehead atoms. The lowest BCUT2D eigenvalue weighted by molar-refractivity contribution is -0.136. The van der Waals surface area contributed by atoms with Crippen molar-refractivity contribution in [1.82, 2.24) is 20.4 Å². The summed E-state index contributed by atoms with van der Waals surface area (Å²) >= 11 is 0. The van der Waals surface area contributed by atoms with Crippen LogP contribution in [0.3, 0.4) is 0 Å². The van der Waals surface area contributed by atoms with Crippen molar-refractivity contribution in [3.8, 4) is 0 Å². The van der Waals surface area contributed by atoms with Crippen LogP contribution >= 0.6 is 0 Å². The Kier molecular flexibility index (Phi) is 5.75. The van der Waals surface area contributed by atoms with Crippen LogP contribution in [0.1, 0.15) is 20.8 Å². The van der Waals surface area contributed by atoms with Gasteiger partial charge in [0.2, 0.25) is 11.8 Å². The van der Waals surface area contributed by atoms with Crippen LogP contribution in [0.5, 0.6) is 0 Å². The van der Waals surface area contributed by atoms with E-state index in [2.05, 4.69) is 15.5 Å². The summed E-state index contributed by atoms with van der Waals surface area (Å²) in [7, 11) is 1.67. The monoisotopic (exact) mass is 270 g/mol. The summed E-state index contributed by atoms with van der Waals surface area (Å²) in [5.41, 5.74) is -0.264. The molecule has 1 saturated heterocycles. The number of carbonyl (C=O) groups is 2. The lowest BCUT2D eigenvalue weighted by Crippen LogP contribution is -2.50. The van der Waals surface area contributed by atoms with Crippen LogP contribution in [0.25, 0.3) is 0 Å². The second-order valence-corrected chi connectivity index (χ2v) is 6.07. The van der Waals surface area contributed by atoms with Gasteiger partial charge in [0, 0.05) is 38.8 Å². The number of piperazine rings is 1. The molecule has 2 N–H and O–H groups in total. The average Bonchev–Trinajstić information content (AvgIpc) is 2.27. The normalized spacial score (nSPS) is 17.1. The van der Waals surface area contributed by atoms with E-state index in [1.54, 1.807) is 7.05 Å². The summed E-state index contributed by atoms with van der Waals surface area (Å²) in [6.45, 7) is 9.88. The van der Waals surface area contributed by atoms with Gasteiger partial charge in [-0.05, 0) is 20.8 Å². The Balaban J connectivity index is 2.33. The third kappa shape index (κ3) is 6.54. The van der Waals surface area contributed by atoms with E-state index in [0.717, 1.165) is 26.2 Å². The van der Waals surface area contributed by atoms with Gasteiger partial charge in [-0.2, -0.15) is 0 Å². The third-order valence-corrected chi connectivity index (χ3v) is 2.89. The molecule has 0 aromatic rings. The molecule has 19 heavy (non-hydrogen) atoms. The Bertz CT molecular complexity index is 319. The zero-order chi connectivity index (χ0) is 14.5. The number of hydrogen-bond acceptors (Lipinski definition) is 4. The van der Waals surface area contributed by atoms with Crippen LogP contribution in [0.4, 0.5) is 0 Å². The van der Waals surface area contributed by atoms with E-state index < -0.39 is 0 Å². The second kappa shape index (κ2) is 6.86. The fraction of sp³-hybridized carbons (Fsp3) is 0.846. The zero-order valence-electron chi connectivity index (χ0n) is 12.5. The average molecular weight is 270 g/mol. The Labute approximate surface area is 115 Å². The van der Waals surface area contributed by atoms with Crippen molar-refractivity contribution in [2.45, 2.75) is 26.3 Å². The quantitative estimate of drug-likeness (QED) is 0.706. The lowest BCUT2D eigenvalue weighted by atomic mass is 10.1. The molecule has 6 heteroatoms. The maximum absolute atomic E-state index is 12.0. The van der Waals surface area contributed by atoms with Crippen LogP contribution < -0.4 is 10.6 Å². The highest BCUT2D eigenvalue weighted by Gasteiger charge is 2.20. The highest BCUT2D eigenvalue weighted by Crippen LogP contribution is 1.99. The number of amides is 2. The van der Waals surface area contributed by atoms with Gasteiger partial charge in [0.25, 0.3) is 0 Å². The molecule has 0 atom stereocenters. The minimum atomic E-state index is -0.264. The fourth-order valence-electron chi connectivity index (χ4n) is 1.94. The smallest absolute Gasteiger partial charge is 0.240 e. The van der Waals surface area contributed by atoms with Gasteiger partial charge in [-0.1, -0.05) is 0 Å². The van der Waals surface area contributed by atoms with Gasteiger partial charge in [0.1, 0.15) is 0 Å². The second-order valence-electron chi connectivity index (χ2n) is 6.07. The van der Waals surface area contributed by atoms with E-state index in [1.165, 1.54) is 4.90 Å². The van der Waals surface area contributed by atoms with Crippen molar-refractivity contribution in [3.63, 3.8) is 0 Å². The Hall–Kier alpha value is -1.14. The van der Waals surface area contributed by atoms with Gasteiger partial charge < -0.3 is 15.5 Å². The van der Waals surface area contributed by atoms with E-state index in [-0.39, 0.29) is 23.9 Å². The number of hydrogen-bond donors (Lipinski definition) is 2. The number of nitrogens with one attached hydrogen (secondary N) is 2. The molecule has 1 fully saturated rings. The van der Waals surface area contributed by atoms with Gasteiger partial charge in [-0.3, -0.25) is 14.5 Å². The molecule has 1 aliphatic rings. The SMILES string of the molecule is CN(CC(=O)NC(C)(C)C)C(=O)CN1CCNCC1. The molecule has 2 amide bonds. The summed E-state index contributed by atoms with van der Waals surface area (Å²) in [5.74, 6) is -0.130. The van der Waals surface area contributed by atoms with E-state index in [4.69, 9.17) is 0 Å². The molecule has 0 unspecified atom stereocenters. The summed E-state index contributed by atoms with van der Waals surface area (Å²) in [6, 6.07) is 0. The summed E-state index contributed by atoms with van der Waals surface area (Å²) in [4.78, 5) is 27.3. The van der Waals surface area contributed by atoms with Crippen LogP contribution in [0.2, 0.25) is 0 Å². The molecule has 0 aliphatic carbocycles. The van der Waals surface area contributed by atoms with Crippen LogP contribution in [-0.4, -0.2) is 73.5 Å². The predicted molar refractivity (Wildman–Crippen MR) is 74.8 cm³/mol. The first kappa shape index (κ1) is 15.9. The maximum Gasteiger partial charge on any atom is 0.240 e. The molecule has 1 rings (SSSR count). The molecule has 1 heterocycles.